The predicted molar refractivity (Wildman–Crippen MR) is 82.0 cm³/mol. The van der Waals surface area contributed by atoms with Gasteiger partial charge in [-0.15, -0.1) is 0 Å². The van der Waals surface area contributed by atoms with Crippen molar-refractivity contribution in [1.82, 2.24) is 20.4 Å². The van der Waals surface area contributed by atoms with E-state index in [4.69, 9.17) is 20.5 Å². The lowest BCUT2D eigenvalue weighted by Gasteiger charge is -2.32. The number of rotatable bonds is 2. The lowest BCUT2D eigenvalue weighted by atomic mass is 10.2. The zero-order valence-electron chi connectivity index (χ0n) is 11.9. The molecule has 2 aromatic heterocycles. The number of halogens is 1. The van der Waals surface area contributed by atoms with Gasteiger partial charge in [0.2, 0.25) is 12.2 Å². The molecule has 114 valence electrons. The molecule has 7 nitrogen and oxygen atoms in total. The number of anilines is 1. The quantitative estimate of drug-likeness (QED) is 0.776. The number of piperazine rings is 1. The minimum atomic E-state index is 0.311. The Hall–Kier alpha value is -2.12. The van der Waals surface area contributed by atoms with E-state index >= 15 is 0 Å². The molecule has 1 N–H and O–H groups in total. The fourth-order valence-electron chi connectivity index (χ4n) is 2.69. The molecule has 4 rings (SSSR count). The topological polar surface area (TPSA) is 80.2 Å². The lowest BCUT2D eigenvalue weighted by Crippen LogP contribution is -2.50. The summed E-state index contributed by atoms with van der Waals surface area (Å²) in [5, 5.41) is 7.76. The van der Waals surface area contributed by atoms with Crippen molar-refractivity contribution in [3.8, 4) is 11.4 Å². The number of hydrogen-bond donors (Lipinski definition) is 1. The van der Waals surface area contributed by atoms with Crippen molar-refractivity contribution in [2.45, 2.75) is 13.0 Å². The van der Waals surface area contributed by atoms with Crippen molar-refractivity contribution >= 4 is 28.7 Å². The summed E-state index contributed by atoms with van der Waals surface area (Å²) in [4.78, 5) is 10.8. The maximum atomic E-state index is 6.17. The van der Waals surface area contributed by atoms with Crippen molar-refractivity contribution < 1.29 is 8.94 Å². The number of oxazole rings is 1. The van der Waals surface area contributed by atoms with Crippen LogP contribution in [-0.4, -0.2) is 40.8 Å². The van der Waals surface area contributed by atoms with Crippen LogP contribution in [0.15, 0.2) is 27.5 Å². The molecule has 0 saturated carbocycles. The van der Waals surface area contributed by atoms with E-state index in [0.29, 0.717) is 39.6 Å². The minimum Gasteiger partial charge on any atom is -0.423 e. The Morgan fingerprint density at radius 2 is 2.32 bits per heavy atom. The summed E-state index contributed by atoms with van der Waals surface area (Å²) in [5.74, 6) is 0.434. The van der Waals surface area contributed by atoms with E-state index in [2.05, 4.69) is 32.3 Å². The van der Waals surface area contributed by atoms with Gasteiger partial charge in [-0.1, -0.05) is 16.8 Å². The second-order valence-electron chi connectivity index (χ2n) is 5.30. The lowest BCUT2D eigenvalue weighted by molar-refractivity contribution is 0.418. The highest BCUT2D eigenvalue weighted by atomic mass is 35.5. The second kappa shape index (κ2) is 5.26. The molecule has 1 saturated heterocycles. The molecule has 0 amide bonds. The standard InChI is InChI=1S/C14H14ClN5O2/c1-8-6-16-2-3-20(8)14-18-11-5-9(15)4-10(12(11)22-14)13-17-7-21-19-13/h4-5,7-8,16H,2-3,6H2,1H3/t8-/m0/s1. The third kappa shape index (κ3) is 2.22. The Balaban J connectivity index is 1.85. The molecule has 0 spiro atoms. The highest BCUT2D eigenvalue weighted by Gasteiger charge is 2.24. The smallest absolute Gasteiger partial charge is 0.298 e. The van der Waals surface area contributed by atoms with Crippen molar-refractivity contribution in [2.75, 3.05) is 24.5 Å². The molecule has 3 heterocycles. The van der Waals surface area contributed by atoms with Gasteiger partial charge < -0.3 is 19.2 Å². The molecule has 1 aromatic carbocycles. The highest BCUT2D eigenvalue weighted by Crippen LogP contribution is 2.33. The Labute approximate surface area is 131 Å². The van der Waals surface area contributed by atoms with Crippen LogP contribution in [0.3, 0.4) is 0 Å². The first-order chi connectivity index (χ1) is 10.7. The summed E-state index contributed by atoms with van der Waals surface area (Å²) in [6, 6.07) is 4.44. The number of nitrogens with one attached hydrogen (secondary N) is 1. The van der Waals surface area contributed by atoms with Gasteiger partial charge >= 0.3 is 0 Å². The summed E-state index contributed by atoms with van der Waals surface area (Å²) in [6.07, 6.45) is 1.28. The highest BCUT2D eigenvalue weighted by molar-refractivity contribution is 6.31. The number of nitrogens with zero attached hydrogens (tertiary/aromatic N) is 4. The molecule has 1 fully saturated rings. The Morgan fingerprint density at radius 3 is 3.09 bits per heavy atom. The molecule has 0 aliphatic carbocycles. The SMILES string of the molecule is C[C@H]1CNCCN1c1nc2cc(Cl)cc(-c3ncon3)c2o1. The zero-order chi connectivity index (χ0) is 15.1. The molecule has 1 aliphatic heterocycles. The maximum absolute atomic E-state index is 6.17. The Bertz CT molecular complexity index is 801. The summed E-state index contributed by atoms with van der Waals surface area (Å²) in [7, 11) is 0. The molecule has 8 heteroatoms. The monoisotopic (exact) mass is 319 g/mol. The van der Waals surface area contributed by atoms with Gasteiger partial charge in [-0.25, -0.2) is 0 Å². The Morgan fingerprint density at radius 1 is 1.41 bits per heavy atom. The van der Waals surface area contributed by atoms with Crippen molar-refractivity contribution in [2.24, 2.45) is 0 Å². The first-order valence-corrected chi connectivity index (χ1v) is 7.44. The molecule has 1 aliphatic rings. The van der Waals surface area contributed by atoms with Gasteiger partial charge in [0, 0.05) is 30.7 Å². The van der Waals surface area contributed by atoms with Crippen LogP contribution in [0.2, 0.25) is 5.02 Å². The van der Waals surface area contributed by atoms with Crippen molar-refractivity contribution in [3.63, 3.8) is 0 Å². The van der Waals surface area contributed by atoms with Crippen LogP contribution < -0.4 is 10.2 Å². The summed E-state index contributed by atoms with van der Waals surface area (Å²) < 4.78 is 10.8. The summed E-state index contributed by atoms with van der Waals surface area (Å²) in [6.45, 7) is 4.78. The third-order valence-corrected chi connectivity index (χ3v) is 4.01. The molecule has 0 unspecified atom stereocenters. The van der Waals surface area contributed by atoms with E-state index in [1.165, 1.54) is 6.39 Å². The number of hydrogen-bond acceptors (Lipinski definition) is 7. The summed E-state index contributed by atoms with van der Waals surface area (Å²) >= 11 is 6.17. The van der Waals surface area contributed by atoms with Gasteiger partial charge in [0.05, 0.1) is 5.56 Å². The van der Waals surface area contributed by atoms with Gasteiger partial charge in [-0.2, -0.15) is 9.97 Å². The minimum absolute atomic E-state index is 0.311. The molecule has 1 atom stereocenters. The van der Waals surface area contributed by atoms with Crippen molar-refractivity contribution in [1.29, 1.82) is 0 Å². The molecular weight excluding hydrogens is 306 g/mol. The molecule has 0 bridgehead atoms. The number of fused-ring (bicyclic) bond motifs is 1. The maximum Gasteiger partial charge on any atom is 0.298 e. The van der Waals surface area contributed by atoms with E-state index in [1.54, 1.807) is 12.1 Å². The number of aromatic nitrogens is 3. The van der Waals surface area contributed by atoms with Gasteiger partial charge in [0.25, 0.3) is 6.01 Å². The molecule has 0 radical (unpaired) electrons. The molecule has 3 aromatic rings. The van der Waals surface area contributed by atoms with Crippen LogP contribution in [0.5, 0.6) is 0 Å². The Kier molecular flexibility index (Phi) is 3.24. The van der Waals surface area contributed by atoms with Crippen LogP contribution >= 0.6 is 11.6 Å². The third-order valence-electron chi connectivity index (χ3n) is 3.79. The fraction of sp³-hybridized carbons (Fsp3) is 0.357. The molecule has 22 heavy (non-hydrogen) atoms. The predicted octanol–water partition coefficient (Wildman–Crippen LogP) is 2.33. The van der Waals surface area contributed by atoms with Crippen molar-refractivity contribution in [3.05, 3.63) is 23.5 Å². The van der Waals surface area contributed by atoms with Crippen LogP contribution in [0, 0.1) is 0 Å². The van der Waals surface area contributed by atoms with E-state index in [9.17, 15) is 0 Å². The summed E-state index contributed by atoms with van der Waals surface area (Å²) in [5.41, 5.74) is 1.98. The van der Waals surface area contributed by atoms with Crippen LogP contribution in [0.4, 0.5) is 6.01 Å². The van der Waals surface area contributed by atoms with Crippen LogP contribution in [-0.2, 0) is 0 Å². The van der Waals surface area contributed by atoms with Crippen LogP contribution in [0.1, 0.15) is 6.92 Å². The van der Waals surface area contributed by atoms with Gasteiger partial charge in [0.15, 0.2) is 5.58 Å². The first kappa shape index (κ1) is 13.5. The molecular formula is C14H14ClN5O2. The average molecular weight is 320 g/mol. The zero-order valence-corrected chi connectivity index (χ0v) is 12.7. The van der Waals surface area contributed by atoms with E-state index < -0.39 is 0 Å². The van der Waals surface area contributed by atoms with E-state index in [1.807, 2.05) is 0 Å². The normalized spacial score (nSPS) is 19.0. The first-order valence-electron chi connectivity index (χ1n) is 7.06. The second-order valence-corrected chi connectivity index (χ2v) is 5.74. The number of benzene rings is 1. The average Bonchev–Trinajstić information content (AvgIpc) is 3.15. The van der Waals surface area contributed by atoms with E-state index in [0.717, 1.165) is 19.6 Å². The fourth-order valence-corrected chi connectivity index (χ4v) is 2.90. The van der Waals surface area contributed by atoms with Crippen LogP contribution in [0.25, 0.3) is 22.5 Å². The van der Waals surface area contributed by atoms with Gasteiger partial charge in [-0.05, 0) is 19.1 Å². The van der Waals surface area contributed by atoms with E-state index in [-0.39, 0.29) is 0 Å². The van der Waals surface area contributed by atoms with Gasteiger partial charge in [0.1, 0.15) is 5.52 Å². The largest absolute Gasteiger partial charge is 0.423 e. The van der Waals surface area contributed by atoms with Gasteiger partial charge in [-0.3, -0.25) is 0 Å².